The van der Waals surface area contributed by atoms with Crippen LogP contribution >= 0.6 is 0 Å². The number of pyridine rings is 1. The van der Waals surface area contributed by atoms with Gasteiger partial charge in [-0.05, 0) is 76.6 Å². The van der Waals surface area contributed by atoms with Crippen LogP contribution < -0.4 is 4.98 Å². The Bertz CT molecular complexity index is 3520. The predicted octanol–water partition coefficient (Wildman–Crippen LogP) is 12.1. The van der Waals surface area contributed by atoms with Gasteiger partial charge in [-0.15, -0.1) is 34.8 Å². The van der Waals surface area contributed by atoms with Gasteiger partial charge in [0.25, 0.3) is 0 Å². The maximum atomic E-state index is 6.38. The minimum atomic E-state index is 0. The quantitative estimate of drug-likeness (QED) is 0.165. The van der Waals surface area contributed by atoms with Gasteiger partial charge in [-0.2, -0.15) is 0 Å². The van der Waals surface area contributed by atoms with Crippen molar-refractivity contribution in [2.45, 2.75) is 6.92 Å². The minimum Gasteiger partial charge on any atom is -0.656 e. The van der Waals surface area contributed by atoms with E-state index in [9.17, 15) is 0 Å². The van der Waals surface area contributed by atoms with E-state index in [1.54, 1.807) is 0 Å². The molecule has 12 aromatic rings. The Morgan fingerprint density at radius 2 is 1.38 bits per heavy atom. The fourth-order valence-corrected chi connectivity index (χ4v) is 8.51. The Labute approximate surface area is 334 Å². The SMILES string of the molecule is Cc1ccnc(-n2c3[c-]c(-c4cccc5c4nc(-c4cccc6c4[n-]c4ccccc46)n5-c4ccccc4)ccc3c3cc4c(cc32)oc2ccccc24)c1.[Pt+2]. The van der Waals surface area contributed by atoms with Crippen LogP contribution in [0, 0.1) is 13.0 Å². The Kier molecular flexibility index (Phi) is 7.22. The maximum absolute atomic E-state index is 6.38. The molecule has 0 aliphatic carbocycles. The van der Waals surface area contributed by atoms with Crippen molar-refractivity contribution in [2.75, 3.05) is 0 Å². The van der Waals surface area contributed by atoms with Crippen LogP contribution in [0.3, 0.4) is 0 Å². The summed E-state index contributed by atoms with van der Waals surface area (Å²) < 4.78 is 10.9. The van der Waals surface area contributed by atoms with Gasteiger partial charge in [0, 0.05) is 39.8 Å². The molecule has 0 aliphatic rings. The first-order valence-electron chi connectivity index (χ1n) is 18.4. The molecule has 0 saturated carbocycles. The molecule has 7 heteroatoms. The molecule has 0 fully saturated rings. The van der Waals surface area contributed by atoms with E-state index in [1.165, 1.54) is 0 Å². The van der Waals surface area contributed by atoms with Crippen molar-refractivity contribution in [3.63, 3.8) is 0 Å². The monoisotopic (exact) mass is 898 g/mol. The number of hydrogen-bond donors (Lipinski definition) is 0. The van der Waals surface area contributed by atoms with E-state index >= 15 is 0 Å². The van der Waals surface area contributed by atoms with Crippen LogP contribution in [0.5, 0.6) is 0 Å². The molecule has 0 spiro atoms. The van der Waals surface area contributed by atoms with Crippen molar-refractivity contribution in [1.29, 1.82) is 0 Å². The van der Waals surface area contributed by atoms with Crippen molar-refractivity contribution in [1.82, 2.24) is 24.1 Å². The molecule has 12 rings (SSSR count). The third kappa shape index (κ3) is 4.72. The molecular weight excluding hydrogens is 870 g/mol. The number of aryl methyl sites for hydroxylation is 1. The molecule has 0 radical (unpaired) electrons. The van der Waals surface area contributed by atoms with Crippen LogP contribution in [0.4, 0.5) is 0 Å². The fraction of sp³-hybridized carbons (Fsp3) is 0.0204. The van der Waals surface area contributed by atoms with Crippen LogP contribution in [-0.4, -0.2) is 19.1 Å². The molecule has 56 heavy (non-hydrogen) atoms. The molecule has 0 amide bonds. The van der Waals surface area contributed by atoms with Crippen LogP contribution in [-0.2, 0) is 21.1 Å². The van der Waals surface area contributed by atoms with Gasteiger partial charge < -0.3 is 14.0 Å². The van der Waals surface area contributed by atoms with E-state index in [4.69, 9.17) is 19.4 Å². The molecule has 6 nitrogen and oxygen atoms in total. The standard InChI is InChI=1S/C49H29N5O.Pt/c1-29-23-24-50-46(25-29)54-42-26-30(21-22-34(42)38-27-39-35-14-6-8-20-44(35)55-45(39)28-43(38)54)32-15-10-19-41-48(32)52-49(53(41)31-11-3-2-4-12-31)37-17-9-16-36-33-13-5-7-18-40(33)51-47(36)37;/h2-25,27-28H,1H3;/q-2;+2. The first-order chi connectivity index (χ1) is 27.2. The molecular formula is C49H29N5OPt. The Morgan fingerprint density at radius 3 is 2.27 bits per heavy atom. The Balaban J connectivity index is 0.00000363. The Hall–Kier alpha value is -6.75. The van der Waals surface area contributed by atoms with Gasteiger partial charge in [0.15, 0.2) is 0 Å². The van der Waals surface area contributed by atoms with Crippen LogP contribution in [0.1, 0.15) is 5.56 Å². The molecule has 5 heterocycles. The first kappa shape index (κ1) is 32.7. The second-order valence-corrected chi connectivity index (χ2v) is 14.2. The summed E-state index contributed by atoms with van der Waals surface area (Å²) in [5.41, 5.74) is 12.6. The summed E-state index contributed by atoms with van der Waals surface area (Å²) in [6.45, 7) is 2.10. The molecule has 0 saturated heterocycles. The normalized spacial score (nSPS) is 11.9. The number of benzene rings is 7. The van der Waals surface area contributed by atoms with E-state index in [1.807, 2.05) is 36.5 Å². The second-order valence-electron chi connectivity index (χ2n) is 14.2. The molecule has 7 aromatic carbocycles. The third-order valence-corrected chi connectivity index (χ3v) is 11.0. The van der Waals surface area contributed by atoms with E-state index in [2.05, 4.69) is 143 Å². The number of hydrogen-bond acceptors (Lipinski definition) is 3. The van der Waals surface area contributed by atoms with Gasteiger partial charge in [-0.1, -0.05) is 102 Å². The van der Waals surface area contributed by atoms with Gasteiger partial charge in [-0.25, -0.2) is 9.97 Å². The number of nitrogens with zero attached hydrogens (tertiary/aromatic N) is 5. The summed E-state index contributed by atoms with van der Waals surface area (Å²) in [6.07, 6.45) is 1.87. The summed E-state index contributed by atoms with van der Waals surface area (Å²) in [5.74, 6) is 1.68. The molecule has 5 aromatic heterocycles. The van der Waals surface area contributed by atoms with Crippen molar-refractivity contribution in [3.8, 4) is 34.0 Å². The molecule has 0 bridgehead atoms. The molecule has 0 atom stereocenters. The number of fused-ring (bicyclic) bond motifs is 10. The van der Waals surface area contributed by atoms with Crippen molar-refractivity contribution in [3.05, 3.63) is 169 Å². The summed E-state index contributed by atoms with van der Waals surface area (Å²) in [6, 6.07) is 56.7. The second kappa shape index (κ2) is 12.4. The number of rotatable bonds is 4. The van der Waals surface area contributed by atoms with Crippen LogP contribution in [0.2, 0.25) is 0 Å². The van der Waals surface area contributed by atoms with E-state index in [0.717, 1.165) is 116 Å². The van der Waals surface area contributed by atoms with Gasteiger partial charge in [-0.3, -0.25) is 4.57 Å². The zero-order valence-electron chi connectivity index (χ0n) is 30.0. The number of furan rings is 1. The molecule has 0 N–H and O–H groups in total. The zero-order chi connectivity index (χ0) is 36.2. The summed E-state index contributed by atoms with van der Waals surface area (Å²) >= 11 is 0. The van der Waals surface area contributed by atoms with Crippen LogP contribution in [0.25, 0.3) is 111 Å². The average molecular weight is 899 g/mol. The van der Waals surface area contributed by atoms with Crippen LogP contribution in [0.15, 0.2) is 162 Å². The predicted molar refractivity (Wildman–Crippen MR) is 223 cm³/mol. The largest absolute Gasteiger partial charge is 2.00 e. The molecule has 0 unspecified atom stereocenters. The summed E-state index contributed by atoms with van der Waals surface area (Å²) in [7, 11) is 0. The zero-order valence-corrected chi connectivity index (χ0v) is 32.2. The molecule has 0 aliphatic heterocycles. The molecule has 266 valence electrons. The number of para-hydroxylation sites is 5. The smallest absolute Gasteiger partial charge is 0.656 e. The first-order valence-corrected chi connectivity index (χ1v) is 18.4. The maximum Gasteiger partial charge on any atom is 2.00 e. The number of imidazole rings is 1. The van der Waals surface area contributed by atoms with Gasteiger partial charge >= 0.3 is 21.1 Å². The minimum absolute atomic E-state index is 0. The fourth-order valence-electron chi connectivity index (χ4n) is 8.51. The van der Waals surface area contributed by atoms with E-state index < -0.39 is 0 Å². The summed E-state index contributed by atoms with van der Waals surface area (Å²) in [4.78, 5) is 15.5. The topological polar surface area (TPSA) is 62.9 Å². The number of aromatic nitrogens is 5. The van der Waals surface area contributed by atoms with E-state index in [0.29, 0.717) is 0 Å². The van der Waals surface area contributed by atoms with Gasteiger partial charge in [0.1, 0.15) is 22.8 Å². The average Bonchev–Trinajstić information content (AvgIpc) is 3.98. The van der Waals surface area contributed by atoms with Gasteiger partial charge in [0.05, 0.1) is 11.0 Å². The summed E-state index contributed by atoms with van der Waals surface area (Å²) in [5, 5.41) is 6.68. The van der Waals surface area contributed by atoms with Crippen molar-refractivity contribution >= 4 is 76.6 Å². The third-order valence-electron chi connectivity index (χ3n) is 11.0. The van der Waals surface area contributed by atoms with Crippen molar-refractivity contribution in [2.24, 2.45) is 0 Å². The Morgan fingerprint density at radius 1 is 0.589 bits per heavy atom. The van der Waals surface area contributed by atoms with Crippen molar-refractivity contribution < 1.29 is 25.5 Å². The van der Waals surface area contributed by atoms with E-state index in [-0.39, 0.29) is 21.1 Å². The van der Waals surface area contributed by atoms with Gasteiger partial charge in [0.2, 0.25) is 0 Å².